The van der Waals surface area contributed by atoms with E-state index in [9.17, 15) is 9.59 Å². The molecule has 0 atom stereocenters. The number of ether oxygens (including phenoxy) is 3. The zero-order valence-corrected chi connectivity index (χ0v) is 18.4. The van der Waals surface area contributed by atoms with Crippen LogP contribution >= 0.6 is 23.2 Å². The van der Waals surface area contributed by atoms with Gasteiger partial charge in [0, 0.05) is 31.7 Å². The summed E-state index contributed by atoms with van der Waals surface area (Å²) in [5.74, 6) is 0.851. The number of hydrogen-bond acceptors (Lipinski definition) is 5. The summed E-state index contributed by atoms with van der Waals surface area (Å²) in [7, 11) is 4.50. The first-order valence-electron chi connectivity index (χ1n) is 9.23. The van der Waals surface area contributed by atoms with Crippen LogP contribution in [0, 0.1) is 0 Å². The van der Waals surface area contributed by atoms with Crippen molar-refractivity contribution in [3.63, 3.8) is 0 Å². The molecule has 160 valence electrons. The predicted molar refractivity (Wildman–Crippen MR) is 114 cm³/mol. The summed E-state index contributed by atoms with van der Waals surface area (Å²) in [6.07, 6.45) is 0. The van der Waals surface area contributed by atoms with Gasteiger partial charge in [-0.2, -0.15) is 0 Å². The number of amides is 2. The van der Waals surface area contributed by atoms with Crippen LogP contribution in [-0.4, -0.2) is 69.1 Å². The highest BCUT2D eigenvalue weighted by molar-refractivity contribution is 6.43. The Morgan fingerprint density at radius 1 is 0.833 bits per heavy atom. The van der Waals surface area contributed by atoms with Gasteiger partial charge in [-0.25, -0.2) is 0 Å². The van der Waals surface area contributed by atoms with E-state index in [2.05, 4.69) is 0 Å². The number of rotatable bonds is 5. The predicted octanol–water partition coefficient (Wildman–Crippen LogP) is 3.62. The van der Waals surface area contributed by atoms with Crippen molar-refractivity contribution in [1.82, 2.24) is 9.80 Å². The van der Waals surface area contributed by atoms with Gasteiger partial charge in [0.05, 0.1) is 36.9 Å². The second-order valence-electron chi connectivity index (χ2n) is 6.60. The molecule has 0 radical (unpaired) electrons. The van der Waals surface area contributed by atoms with Gasteiger partial charge in [-0.3, -0.25) is 9.59 Å². The number of benzene rings is 2. The van der Waals surface area contributed by atoms with Crippen LogP contribution in [0.3, 0.4) is 0 Å². The Morgan fingerprint density at radius 3 is 1.87 bits per heavy atom. The second kappa shape index (κ2) is 9.45. The highest BCUT2D eigenvalue weighted by Gasteiger charge is 2.28. The summed E-state index contributed by atoms with van der Waals surface area (Å²) in [4.78, 5) is 29.2. The van der Waals surface area contributed by atoms with Gasteiger partial charge in [0.1, 0.15) is 0 Å². The molecule has 0 saturated carbocycles. The van der Waals surface area contributed by atoms with Gasteiger partial charge in [-0.15, -0.1) is 0 Å². The molecule has 0 unspecified atom stereocenters. The maximum absolute atomic E-state index is 13.0. The fraction of sp³-hybridized carbons (Fsp3) is 0.333. The smallest absolute Gasteiger partial charge is 0.255 e. The minimum absolute atomic E-state index is 0.179. The van der Waals surface area contributed by atoms with Crippen LogP contribution in [0.5, 0.6) is 17.2 Å². The number of carbonyl (C=O) groups excluding carboxylic acids is 2. The van der Waals surface area contributed by atoms with E-state index >= 15 is 0 Å². The van der Waals surface area contributed by atoms with Crippen molar-refractivity contribution in [2.75, 3.05) is 47.5 Å². The lowest BCUT2D eigenvalue weighted by molar-refractivity contribution is 0.0535. The topological polar surface area (TPSA) is 68.3 Å². The van der Waals surface area contributed by atoms with E-state index < -0.39 is 0 Å². The summed E-state index contributed by atoms with van der Waals surface area (Å²) >= 11 is 12.2. The van der Waals surface area contributed by atoms with Crippen LogP contribution < -0.4 is 14.2 Å². The van der Waals surface area contributed by atoms with Gasteiger partial charge in [0.2, 0.25) is 5.75 Å². The first-order valence-corrected chi connectivity index (χ1v) is 9.99. The number of carbonyl (C=O) groups is 2. The molecule has 1 aliphatic rings. The molecule has 1 aliphatic heterocycles. The van der Waals surface area contributed by atoms with Gasteiger partial charge < -0.3 is 24.0 Å². The van der Waals surface area contributed by atoms with Gasteiger partial charge in [-0.05, 0) is 24.3 Å². The molecule has 30 heavy (non-hydrogen) atoms. The van der Waals surface area contributed by atoms with Crippen LogP contribution in [-0.2, 0) is 0 Å². The monoisotopic (exact) mass is 452 g/mol. The normalized spacial score (nSPS) is 13.8. The molecule has 7 nitrogen and oxygen atoms in total. The number of hydrogen-bond donors (Lipinski definition) is 0. The maximum atomic E-state index is 13.0. The third kappa shape index (κ3) is 4.27. The van der Waals surface area contributed by atoms with Crippen molar-refractivity contribution in [2.45, 2.75) is 0 Å². The van der Waals surface area contributed by atoms with Crippen molar-refractivity contribution in [1.29, 1.82) is 0 Å². The lowest BCUT2D eigenvalue weighted by Gasteiger charge is -2.35. The van der Waals surface area contributed by atoms with Crippen molar-refractivity contribution in [2.24, 2.45) is 0 Å². The number of halogens is 2. The van der Waals surface area contributed by atoms with E-state index in [0.717, 1.165) is 0 Å². The molecule has 0 aromatic heterocycles. The lowest BCUT2D eigenvalue weighted by Crippen LogP contribution is -2.50. The quantitative estimate of drug-likeness (QED) is 0.692. The molecule has 1 saturated heterocycles. The van der Waals surface area contributed by atoms with Crippen LogP contribution in [0.1, 0.15) is 20.7 Å². The largest absolute Gasteiger partial charge is 0.493 e. The molecule has 2 aromatic rings. The average Bonchev–Trinajstić information content (AvgIpc) is 2.78. The van der Waals surface area contributed by atoms with Crippen LogP contribution in [0.4, 0.5) is 0 Å². The molecule has 1 fully saturated rings. The molecule has 0 N–H and O–H groups in total. The second-order valence-corrected chi connectivity index (χ2v) is 7.38. The standard InChI is InChI=1S/C21H22Cl2N2O5/c1-28-16-11-13(12-17(29-2)19(16)30-3)20(26)24-7-9-25(10-8-24)21(27)14-5-4-6-15(22)18(14)23/h4-6,11-12H,7-10H2,1-3H3. The van der Waals surface area contributed by atoms with Gasteiger partial charge >= 0.3 is 0 Å². The van der Waals surface area contributed by atoms with E-state index in [0.29, 0.717) is 59.6 Å². The Bertz CT molecular complexity index is 933. The average molecular weight is 453 g/mol. The Labute approximate surface area is 185 Å². The van der Waals surface area contributed by atoms with Crippen LogP contribution in [0.15, 0.2) is 30.3 Å². The third-order valence-corrected chi connectivity index (χ3v) is 5.77. The molecule has 1 heterocycles. The Hall–Kier alpha value is -2.64. The number of methoxy groups -OCH3 is 3. The first kappa shape index (κ1) is 22.1. The minimum Gasteiger partial charge on any atom is -0.493 e. The molecule has 0 bridgehead atoms. The summed E-state index contributed by atoms with van der Waals surface area (Å²) < 4.78 is 15.9. The van der Waals surface area contributed by atoms with Crippen LogP contribution in [0.25, 0.3) is 0 Å². The lowest BCUT2D eigenvalue weighted by atomic mass is 10.1. The minimum atomic E-state index is -0.206. The molecular weight excluding hydrogens is 431 g/mol. The summed E-state index contributed by atoms with van der Waals surface area (Å²) in [6, 6.07) is 8.20. The molecule has 0 aliphatic carbocycles. The van der Waals surface area contributed by atoms with Crippen molar-refractivity contribution < 1.29 is 23.8 Å². The summed E-state index contributed by atoms with van der Waals surface area (Å²) in [6.45, 7) is 1.55. The zero-order chi connectivity index (χ0) is 21.8. The van der Waals surface area contributed by atoms with E-state index in [1.807, 2.05) is 0 Å². The van der Waals surface area contributed by atoms with Crippen molar-refractivity contribution >= 4 is 35.0 Å². The van der Waals surface area contributed by atoms with Crippen molar-refractivity contribution in [3.8, 4) is 17.2 Å². The molecule has 0 spiro atoms. The Balaban J connectivity index is 1.73. The SMILES string of the molecule is COc1cc(C(=O)N2CCN(C(=O)c3cccc(Cl)c3Cl)CC2)cc(OC)c1OC. The van der Waals surface area contributed by atoms with E-state index in [1.165, 1.54) is 21.3 Å². The van der Waals surface area contributed by atoms with E-state index in [-0.39, 0.29) is 16.8 Å². The van der Waals surface area contributed by atoms with Gasteiger partial charge in [0.25, 0.3) is 11.8 Å². The molecule has 3 rings (SSSR count). The number of piperazine rings is 1. The molecule has 2 amide bonds. The first-order chi connectivity index (χ1) is 14.4. The maximum Gasteiger partial charge on any atom is 0.255 e. The third-order valence-electron chi connectivity index (χ3n) is 4.95. The fourth-order valence-electron chi connectivity index (χ4n) is 3.34. The highest BCUT2D eigenvalue weighted by atomic mass is 35.5. The van der Waals surface area contributed by atoms with Crippen molar-refractivity contribution in [3.05, 3.63) is 51.5 Å². The zero-order valence-electron chi connectivity index (χ0n) is 16.9. The number of nitrogens with zero attached hydrogens (tertiary/aromatic N) is 2. The van der Waals surface area contributed by atoms with Gasteiger partial charge in [0.15, 0.2) is 11.5 Å². The Kier molecular flexibility index (Phi) is 6.95. The van der Waals surface area contributed by atoms with Crippen LogP contribution in [0.2, 0.25) is 10.0 Å². The Morgan fingerprint density at radius 2 is 1.37 bits per heavy atom. The molecule has 2 aromatic carbocycles. The van der Waals surface area contributed by atoms with Gasteiger partial charge in [-0.1, -0.05) is 29.3 Å². The molecular formula is C21H22Cl2N2O5. The van der Waals surface area contributed by atoms with E-state index in [4.69, 9.17) is 37.4 Å². The highest BCUT2D eigenvalue weighted by Crippen LogP contribution is 2.38. The fourth-order valence-corrected chi connectivity index (χ4v) is 3.72. The summed E-state index contributed by atoms with van der Waals surface area (Å²) in [5, 5.41) is 0.568. The van der Waals surface area contributed by atoms with E-state index in [1.54, 1.807) is 40.1 Å². The summed E-state index contributed by atoms with van der Waals surface area (Å²) in [5.41, 5.74) is 0.774. The molecule has 9 heteroatoms.